The summed E-state index contributed by atoms with van der Waals surface area (Å²) in [4.78, 5) is 11.8. The molecular weight excluding hydrogens is 245 g/mol. The van der Waals surface area contributed by atoms with E-state index in [1.807, 2.05) is 0 Å². The minimum Gasteiger partial charge on any atom is -0.383 e. The Hall–Kier alpha value is -1.13. The molecule has 1 atom stereocenters. The second kappa shape index (κ2) is 7.25. The molecule has 0 bridgehead atoms. The molecule has 0 aliphatic carbocycles. The van der Waals surface area contributed by atoms with Crippen molar-refractivity contribution in [3.05, 3.63) is 35.6 Å². The lowest BCUT2D eigenvalue weighted by Gasteiger charge is -2.16. The zero-order valence-electron chi connectivity index (χ0n) is 9.58. The van der Waals surface area contributed by atoms with Crippen LogP contribution in [0.3, 0.4) is 0 Å². The third kappa shape index (κ3) is 4.71. The Kier molecular flexibility index (Phi) is 5.94. The highest BCUT2D eigenvalue weighted by molar-refractivity contribution is 6.17. The Balaban J connectivity index is 2.60. The van der Waals surface area contributed by atoms with Crippen LogP contribution in [0.5, 0.6) is 0 Å². The van der Waals surface area contributed by atoms with Gasteiger partial charge in [0.2, 0.25) is 0 Å². The molecule has 0 saturated carbocycles. The molecule has 0 spiro atoms. The fraction of sp³-hybridized carbons (Fsp3) is 0.417. The van der Waals surface area contributed by atoms with Crippen molar-refractivity contribution in [1.29, 1.82) is 0 Å². The Morgan fingerprint density at radius 2 is 2.12 bits per heavy atom. The Labute approximate surface area is 105 Å². The summed E-state index contributed by atoms with van der Waals surface area (Å²) in [7, 11) is 1.56. The van der Waals surface area contributed by atoms with Crippen molar-refractivity contribution in [1.82, 2.24) is 5.32 Å². The molecule has 1 amide bonds. The standard InChI is InChI=1S/C12H15ClFNO2/c1-17-8-11(6-7-13)15-12(16)9-2-4-10(14)5-3-9/h2-5,11H,6-8H2,1H3,(H,15,16). The number of hydrogen-bond acceptors (Lipinski definition) is 2. The second-order valence-electron chi connectivity index (χ2n) is 3.61. The molecule has 1 aromatic rings. The highest BCUT2D eigenvalue weighted by Crippen LogP contribution is 2.04. The van der Waals surface area contributed by atoms with Crippen LogP contribution in [0.2, 0.25) is 0 Å². The zero-order valence-corrected chi connectivity index (χ0v) is 10.3. The van der Waals surface area contributed by atoms with Gasteiger partial charge >= 0.3 is 0 Å². The van der Waals surface area contributed by atoms with E-state index >= 15 is 0 Å². The average molecular weight is 260 g/mol. The molecule has 0 heterocycles. The highest BCUT2D eigenvalue weighted by atomic mass is 35.5. The first-order valence-corrected chi connectivity index (χ1v) is 5.82. The maximum atomic E-state index is 12.7. The minimum atomic E-state index is -0.365. The molecule has 0 aliphatic rings. The molecule has 1 aromatic carbocycles. The molecule has 0 aliphatic heterocycles. The molecule has 0 radical (unpaired) electrons. The number of ether oxygens (including phenoxy) is 1. The van der Waals surface area contributed by atoms with Crippen LogP contribution in [0.25, 0.3) is 0 Å². The van der Waals surface area contributed by atoms with Crippen LogP contribution in [0, 0.1) is 5.82 Å². The molecule has 0 aromatic heterocycles. The number of carbonyl (C=O) groups excluding carboxylic acids is 1. The predicted octanol–water partition coefficient (Wildman–Crippen LogP) is 2.20. The van der Waals surface area contributed by atoms with Gasteiger partial charge in [-0.2, -0.15) is 0 Å². The van der Waals surface area contributed by atoms with Gasteiger partial charge in [-0.15, -0.1) is 11.6 Å². The first kappa shape index (κ1) is 13.9. The molecule has 3 nitrogen and oxygen atoms in total. The lowest BCUT2D eigenvalue weighted by molar-refractivity contribution is 0.0895. The third-order valence-electron chi connectivity index (χ3n) is 2.27. The van der Waals surface area contributed by atoms with Crippen molar-refractivity contribution in [3.8, 4) is 0 Å². The molecule has 1 rings (SSSR count). The summed E-state index contributed by atoms with van der Waals surface area (Å²) >= 11 is 5.63. The summed E-state index contributed by atoms with van der Waals surface area (Å²) in [5, 5.41) is 2.78. The first-order valence-electron chi connectivity index (χ1n) is 5.28. The van der Waals surface area contributed by atoms with Gasteiger partial charge in [-0.05, 0) is 30.7 Å². The monoisotopic (exact) mass is 259 g/mol. The number of methoxy groups -OCH3 is 1. The largest absolute Gasteiger partial charge is 0.383 e. The van der Waals surface area contributed by atoms with Gasteiger partial charge in [0.05, 0.1) is 12.6 Å². The number of benzene rings is 1. The summed E-state index contributed by atoms with van der Waals surface area (Å²) < 4.78 is 17.7. The number of carbonyl (C=O) groups is 1. The van der Waals surface area contributed by atoms with E-state index in [2.05, 4.69) is 5.32 Å². The van der Waals surface area contributed by atoms with Crippen LogP contribution in [0.15, 0.2) is 24.3 Å². The first-order chi connectivity index (χ1) is 8.17. The number of rotatable bonds is 6. The van der Waals surface area contributed by atoms with E-state index in [1.54, 1.807) is 7.11 Å². The van der Waals surface area contributed by atoms with Gasteiger partial charge in [-0.1, -0.05) is 0 Å². The van der Waals surface area contributed by atoms with Gasteiger partial charge in [0.15, 0.2) is 0 Å². The smallest absolute Gasteiger partial charge is 0.251 e. The summed E-state index contributed by atoms with van der Waals surface area (Å²) in [6.45, 7) is 0.402. The summed E-state index contributed by atoms with van der Waals surface area (Å²) in [6.07, 6.45) is 0.627. The maximum Gasteiger partial charge on any atom is 0.251 e. The molecule has 5 heteroatoms. The fourth-order valence-corrected chi connectivity index (χ4v) is 1.66. The van der Waals surface area contributed by atoms with Gasteiger partial charge in [-0.25, -0.2) is 4.39 Å². The topological polar surface area (TPSA) is 38.3 Å². The van der Waals surface area contributed by atoms with E-state index < -0.39 is 0 Å². The van der Waals surface area contributed by atoms with Crippen LogP contribution in [0.4, 0.5) is 4.39 Å². The lowest BCUT2D eigenvalue weighted by atomic mass is 10.1. The van der Waals surface area contributed by atoms with Crippen LogP contribution in [-0.2, 0) is 4.74 Å². The van der Waals surface area contributed by atoms with Gasteiger partial charge in [0.1, 0.15) is 5.82 Å². The quantitative estimate of drug-likeness (QED) is 0.796. The molecule has 94 valence electrons. The fourth-order valence-electron chi connectivity index (χ4n) is 1.40. The van der Waals surface area contributed by atoms with E-state index in [0.717, 1.165) is 0 Å². The summed E-state index contributed by atoms with van der Waals surface area (Å²) in [5.41, 5.74) is 0.419. The number of amides is 1. The molecule has 0 saturated heterocycles. The van der Waals surface area contributed by atoms with E-state index in [1.165, 1.54) is 24.3 Å². The van der Waals surface area contributed by atoms with E-state index in [-0.39, 0.29) is 17.8 Å². The minimum absolute atomic E-state index is 0.130. The van der Waals surface area contributed by atoms with Crippen molar-refractivity contribution >= 4 is 17.5 Å². The normalized spacial score (nSPS) is 12.2. The predicted molar refractivity (Wildman–Crippen MR) is 64.9 cm³/mol. The van der Waals surface area contributed by atoms with Gasteiger partial charge < -0.3 is 10.1 Å². The van der Waals surface area contributed by atoms with Crippen molar-refractivity contribution in [2.75, 3.05) is 19.6 Å². The maximum absolute atomic E-state index is 12.7. The van der Waals surface area contributed by atoms with Gasteiger partial charge in [-0.3, -0.25) is 4.79 Å². The van der Waals surface area contributed by atoms with Crippen LogP contribution >= 0.6 is 11.6 Å². The number of nitrogens with one attached hydrogen (secondary N) is 1. The zero-order chi connectivity index (χ0) is 12.7. The van der Waals surface area contributed by atoms with Gasteiger partial charge in [0.25, 0.3) is 5.91 Å². The molecule has 1 unspecified atom stereocenters. The third-order valence-corrected chi connectivity index (χ3v) is 2.49. The number of hydrogen-bond donors (Lipinski definition) is 1. The summed E-state index contributed by atoms with van der Waals surface area (Å²) in [6, 6.07) is 5.25. The Morgan fingerprint density at radius 1 is 1.47 bits per heavy atom. The Morgan fingerprint density at radius 3 is 2.65 bits per heavy atom. The SMILES string of the molecule is COCC(CCCl)NC(=O)c1ccc(F)cc1. The van der Waals surface area contributed by atoms with E-state index in [4.69, 9.17) is 16.3 Å². The number of halogens is 2. The van der Waals surface area contributed by atoms with Crippen molar-refractivity contribution < 1.29 is 13.9 Å². The highest BCUT2D eigenvalue weighted by Gasteiger charge is 2.13. The van der Waals surface area contributed by atoms with Crippen LogP contribution in [0.1, 0.15) is 16.8 Å². The lowest BCUT2D eigenvalue weighted by Crippen LogP contribution is -2.38. The number of alkyl halides is 1. The second-order valence-corrected chi connectivity index (χ2v) is 3.99. The summed E-state index contributed by atoms with van der Waals surface area (Å²) in [5.74, 6) is -0.175. The van der Waals surface area contributed by atoms with E-state index in [9.17, 15) is 9.18 Å². The van der Waals surface area contributed by atoms with Gasteiger partial charge in [0, 0.05) is 18.6 Å². The average Bonchev–Trinajstić information content (AvgIpc) is 2.30. The van der Waals surface area contributed by atoms with Crippen molar-refractivity contribution in [2.24, 2.45) is 0 Å². The van der Waals surface area contributed by atoms with Crippen LogP contribution in [-0.4, -0.2) is 31.5 Å². The molecule has 1 N–H and O–H groups in total. The Bertz CT molecular complexity index is 350. The molecule has 17 heavy (non-hydrogen) atoms. The molecular formula is C12H15ClFNO2. The van der Waals surface area contributed by atoms with Crippen molar-refractivity contribution in [2.45, 2.75) is 12.5 Å². The van der Waals surface area contributed by atoms with Crippen LogP contribution < -0.4 is 5.32 Å². The van der Waals surface area contributed by atoms with E-state index in [0.29, 0.717) is 24.5 Å². The van der Waals surface area contributed by atoms with Crippen molar-refractivity contribution in [3.63, 3.8) is 0 Å². The molecule has 0 fully saturated rings.